The molecule has 1 amide bonds. The number of nitrogens with zero attached hydrogens (tertiary/aromatic N) is 1. The zero-order valence-electron chi connectivity index (χ0n) is 11.9. The van der Waals surface area contributed by atoms with Crippen molar-refractivity contribution in [3.05, 3.63) is 23.9 Å². The third-order valence-electron chi connectivity index (χ3n) is 2.86. The van der Waals surface area contributed by atoms with Crippen molar-refractivity contribution >= 4 is 17.4 Å². The molecule has 2 rings (SSSR count). The van der Waals surface area contributed by atoms with E-state index >= 15 is 0 Å². The number of rotatable bonds is 5. The van der Waals surface area contributed by atoms with Gasteiger partial charge >= 0.3 is 0 Å². The van der Waals surface area contributed by atoms with Crippen LogP contribution in [0.4, 0.5) is 11.5 Å². The highest BCUT2D eigenvalue weighted by atomic mass is 16.5. The normalized spacial score (nSPS) is 10.0. The molecule has 0 saturated carbocycles. The molecule has 0 aliphatic heterocycles. The van der Waals surface area contributed by atoms with Crippen LogP contribution in [-0.4, -0.2) is 37.4 Å². The minimum absolute atomic E-state index is 0.282. The Kier molecular flexibility index (Phi) is 4.17. The summed E-state index contributed by atoms with van der Waals surface area (Å²) in [6.45, 7) is 0. The Morgan fingerprint density at radius 3 is 2.29 bits per heavy atom. The molecule has 4 N–H and O–H groups in total. The molecule has 0 radical (unpaired) electrons. The summed E-state index contributed by atoms with van der Waals surface area (Å²) in [7, 11) is 4.45. The smallest absolute Gasteiger partial charge is 0.260 e. The first-order chi connectivity index (χ1) is 10.1. The summed E-state index contributed by atoms with van der Waals surface area (Å²) < 4.78 is 15.6. The number of amides is 1. The molecule has 0 aliphatic carbocycles. The van der Waals surface area contributed by atoms with Gasteiger partial charge in [0.2, 0.25) is 0 Å². The number of aromatic amines is 1. The molecule has 1 aromatic heterocycles. The van der Waals surface area contributed by atoms with Gasteiger partial charge in [-0.1, -0.05) is 0 Å². The number of carbonyl (C=O) groups is 1. The maximum absolute atomic E-state index is 12.3. The van der Waals surface area contributed by atoms with Gasteiger partial charge in [0.05, 0.1) is 38.8 Å². The summed E-state index contributed by atoms with van der Waals surface area (Å²) in [5.74, 6) is 1.14. The fourth-order valence-corrected chi connectivity index (χ4v) is 1.78. The Morgan fingerprint density at radius 1 is 1.14 bits per heavy atom. The predicted octanol–water partition coefficient (Wildman–Crippen LogP) is 1.27. The summed E-state index contributed by atoms with van der Waals surface area (Å²) in [5, 5.41) is 8.93. The average Bonchev–Trinajstić information content (AvgIpc) is 2.90. The van der Waals surface area contributed by atoms with E-state index < -0.39 is 5.91 Å². The average molecular weight is 292 g/mol. The highest BCUT2D eigenvalue weighted by molar-refractivity contribution is 6.07. The number of ether oxygens (including phenoxy) is 3. The zero-order valence-corrected chi connectivity index (χ0v) is 11.9. The van der Waals surface area contributed by atoms with Gasteiger partial charge in [-0.25, -0.2) is 0 Å². The van der Waals surface area contributed by atoms with Crippen molar-refractivity contribution in [2.75, 3.05) is 32.4 Å². The maximum Gasteiger partial charge on any atom is 0.260 e. The van der Waals surface area contributed by atoms with Gasteiger partial charge in [-0.15, -0.1) is 0 Å². The molecule has 8 heteroatoms. The first kappa shape index (κ1) is 14.5. The van der Waals surface area contributed by atoms with E-state index in [-0.39, 0.29) is 5.56 Å². The Labute approximate surface area is 121 Å². The molecular formula is C13H16N4O4. The third kappa shape index (κ3) is 2.83. The Bertz CT molecular complexity index is 654. The van der Waals surface area contributed by atoms with E-state index in [1.165, 1.54) is 33.6 Å². The molecule has 8 nitrogen and oxygen atoms in total. The van der Waals surface area contributed by atoms with Crippen LogP contribution < -0.4 is 25.3 Å². The van der Waals surface area contributed by atoms with Crippen molar-refractivity contribution in [2.45, 2.75) is 0 Å². The number of aromatic nitrogens is 2. The highest BCUT2D eigenvalue weighted by Crippen LogP contribution is 2.35. The largest absolute Gasteiger partial charge is 0.496 e. The summed E-state index contributed by atoms with van der Waals surface area (Å²) in [6.07, 6.45) is 1.40. The van der Waals surface area contributed by atoms with E-state index in [0.717, 1.165) is 0 Å². The number of carbonyl (C=O) groups excluding carboxylic acids is 1. The summed E-state index contributed by atoms with van der Waals surface area (Å²) >= 11 is 0. The SMILES string of the molecule is COc1cc(OC)c(C(=O)Nc2[nH]ncc2N)cc1OC. The van der Waals surface area contributed by atoms with Crippen molar-refractivity contribution in [3.8, 4) is 17.2 Å². The van der Waals surface area contributed by atoms with Crippen LogP contribution >= 0.6 is 0 Å². The van der Waals surface area contributed by atoms with Crippen LogP contribution in [0.2, 0.25) is 0 Å². The number of hydrogen-bond donors (Lipinski definition) is 3. The first-order valence-electron chi connectivity index (χ1n) is 6.01. The second kappa shape index (κ2) is 6.04. The lowest BCUT2D eigenvalue weighted by atomic mass is 10.1. The van der Waals surface area contributed by atoms with Crippen molar-refractivity contribution in [1.29, 1.82) is 0 Å². The molecule has 0 bridgehead atoms. The van der Waals surface area contributed by atoms with Crippen LogP contribution in [0.5, 0.6) is 17.2 Å². The zero-order chi connectivity index (χ0) is 15.4. The van der Waals surface area contributed by atoms with Crippen LogP contribution in [0.15, 0.2) is 18.3 Å². The maximum atomic E-state index is 12.3. The van der Waals surface area contributed by atoms with E-state index in [1.54, 1.807) is 6.07 Å². The molecule has 1 aromatic carbocycles. The number of anilines is 2. The Balaban J connectivity index is 2.37. The minimum atomic E-state index is -0.413. The fourth-order valence-electron chi connectivity index (χ4n) is 1.78. The summed E-state index contributed by atoms with van der Waals surface area (Å²) in [6, 6.07) is 3.10. The lowest BCUT2D eigenvalue weighted by molar-refractivity contribution is 0.102. The van der Waals surface area contributed by atoms with Crippen LogP contribution in [0, 0.1) is 0 Å². The molecule has 112 valence electrons. The van der Waals surface area contributed by atoms with Crippen LogP contribution in [0.1, 0.15) is 10.4 Å². The van der Waals surface area contributed by atoms with E-state index in [0.29, 0.717) is 28.8 Å². The molecule has 21 heavy (non-hydrogen) atoms. The van der Waals surface area contributed by atoms with Crippen molar-refractivity contribution in [1.82, 2.24) is 10.2 Å². The fraction of sp³-hybridized carbons (Fsp3) is 0.231. The summed E-state index contributed by atoms with van der Waals surface area (Å²) in [4.78, 5) is 12.3. The van der Waals surface area contributed by atoms with Gasteiger partial charge in [-0.3, -0.25) is 9.89 Å². The number of hydrogen-bond acceptors (Lipinski definition) is 6. The van der Waals surface area contributed by atoms with Crippen LogP contribution in [0.3, 0.4) is 0 Å². The van der Waals surface area contributed by atoms with Crippen molar-refractivity contribution in [3.63, 3.8) is 0 Å². The Morgan fingerprint density at radius 2 is 1.76 bits per heavy atom. The van der Waals surface area contributed by atoms with Gasteiger partial charge in [0, 0.05) is 12.1 Å². The van der Waals surface area contributed by atoms with Gasteiger partial charge in [0.25, 0.3) is 5.91 Å². The quantitative estimate of drug-likeness (QED) is 0.765. The summed E-state index contributed by atoms with van der Waals surface area (Å²) in [5.41, 5.74) is 6.27. The molecule has 0 aliphatic rings. The highest BCUT2D eigenvalue weighted by Gasteiger charge is 2.18. The van der Waals surface area contributed by atoms with E-state index in [4.69, 9.17) is 19.9 Å². The molecule has 2 aromatic rings. The lowest BCUT2D eigenvalue weighted by Gasteiger charge is -2.13. The van der Waals surface area contributed by atoms with Gasteiger partial charge in [0.1, 0.15) is 5.75 Å². The van der Waals surface area contributed by atoms with Gasteiger partial charge in [-0.2, -0.15) is 5.10 Å². The van der Waals surface area contributed by atoms with Crippen molar-refractivity contribution < 1.29 is 19.0 Å². The number of nitrogen functional groups attached to an aromatic ring is 1. The standard InChI is InChI=1S/C13H16N4O4/c1-19-9-5-11(21-3)10(20-2)4-7(9)13(18)16-12-8(14)6-15-17-12/h4-6H,14H2,1-3H3,(H2,15,16,17,18). The molecule has 1 heterocycles. The Hall–Kier alpha value is -2.90. The number of nitrogens with two attached hydrogens (primary N) is 1. The predicted molar refractivity (Wildman–Crippen MR) is 77.1 cm³/mol. The van der Waals surface area contributed by atoms with Gasteiger partial charge < -0.3 is 25.3 Å². The van der Waals surface area contributed by atoms with E-state index in [1.807, 2.05) is 0 Å². The number of nitrogens with one attached hydrogen (secondary N) is 2. The minimum Gasteiger partial charge on any atom is -0.496 e. The second-order valence-corrected chi connectivity index (χ2v) is 4.06. The number of H-pyrrole nitrogens is 1. The van der Waals surface area contributed by atoms with E-state index in [9.17, 15) is 4.79 Å². The molecular weight excluding hydrogens is 276 g/mol. The van der Waals surface area contributed by atoms with Crippen molar-refractivity contribution in [2.24, 2.45) is 0 Å². The number of methoxy groups -OCH3 is 3. The first-order valence-corrected chi connectivity index (χ1v) is 6.01. The molecule has 0 saturated heterocycles. The van der Waals surface area contributed by atoms with Crippen LogP contribution in [0.25, 0.3) is 0 Å². The lowest BCUT2D eigenvalue weighted by Crippen LogP contribution is -2.15. The van der Waals surface area contributed by atoms with Gasteiger partial charge in [-0.05, 0) is 0 Å². The van der Waals surface area contributed by atoms with E-state index in [2.05, 4.69) is 15.5 Å². The topological polar surface area (TPSA) is 111 Å². The molecule has 0 unspecified atom stereocenters. The van der Waals surface area contributed by atoms with Gasteiger partial charge in [0.15, 0.2) is 17.3 Å². The van der Waals surface area contributed by atoms with Crippen LogP contribution in [-0.2, 0) is 0 Å². The molecule has 0 fully saturated rings. The molecule has 0 atom stereocenters. The third-order valence-corrected chi connectivity index (χ3v) is 2.86. The monoisotopic (exact) mass is 292 g/mol. The second-order valence-electron chi connectivity index (χ2n) is 4.06. The number of benzene rings is 1. The molecule has 0 spiro atoms.